The van der Waals surface area contributed by atoms with Gasteiger partial charge in [-0.05, 0) is 5.41 Å². The lowest BCUT2D eigenvalue weighted by molar-refractivity contribution is 0.411. The van der Waals surface area contributed by atoms with Gasteiger partial charge < -0.3 is 0 Å². The van der Waals surface area contributed by atoms with Gasteiger partial charge in [-0.3, -0.25) is 0 Å². The van der Waals surface area contributed by atoms with Crippen molar-refractivity contribution < 1.29 is 4.79 Å². The van der Waals surface area contributed by atoms with Gasteiger partial charge >= 0.3 is 0 Å². The average molecular weight is 253 g/mol. The molecule has 10 heavy (non-hydrogen) atoms. The van der Waals surface area contributed by atoms with Crippen molar-refractivity contribution in [2.24, 2.45) is 10.4 Å². The molecule has 0 amide bonds. The average Bonchev–Trinajstić information content (AvgIpc) is 1.80. The summed E-state index contributed by atoms with van der Waals surface area (Å²) in [6.45, 7) is 6.97. The normalized spacial score (nSPS) is 14.0. The standard InChI is InChI=1S/C7H12INO/c1-7(2,3)6(8)4-9-5-10/h6H,4H2,1-3H3. The molecule has 0 aromatic rings. The summed E-state index contributed by atoms with van der Waals surface area (Å²) in [4.78, 5) is 13.3. The van der Waals surface area contributed by atoms with Crippen LogP contribution < -0.4 is 0 Å². The second kappa shape index (κ2) is 4.09. The number of hydrogen-bond acceptors (Lipinski definition) is 2. The zero-order chi connectivity index (χ0) is 8.20. The van der Waals surface area contributed by atoms with Gasteiger partial charge in [-0.1, -0.05) is 43.4 Å². The molecule has 0 radical (unpaired) electrons. The molecule has 0 rings (SSSR count). The van der Waals surface area contributed by atoms with Crippen LogP contribution in [0, 0.1) is 5.41 Å². The molecule has 0 aromatic heterocycles. The molecule has 0 saturated carbocycles. The van der Waals surface area contributed by atoms with Crippen LogP contribution in [0.4, 0.5) is 0 Å². The van der Waals surface area contributed by atoms with Gasteiger partial charge in [0, 0.05) is 3.92 Å². The molecule has 0 aliphatic rings. The van der Waals surface area contributed by atoms with Gasteiger partial charge in [0.1, 0.15) is 0 Å². The Morgan fingerprint density at radius 2 is 2.10 bits per heavy atom. The van der Waals surface area contributed by atoms with Gasteiger partial charge in [0.05, 0.1) is 6.54 Å². The molecule has 0 heterocycles. The number of isocyanates is 1. The molecule has 0 saturated heterocycles. The van der Waals surface area contributed by atoms with Crippen LogP contribution in [-0.2, 0) is 4.79 Å². The summed E-state index contributed by atoms with van der Waals surface area (Å²) < 4.78 is 0.409. The molecule has 58 valence electrons. The summed E-state index contributed by atoms with van der Waals surface area (Å²) in [5.41, 5.74) is 0.223. The van der Waals surface area contributed by atoms with E-state index in [1.807, 2.05) is 0 Å². The Labute approximate surface area is 75.2 Å². The van der Waals surface area contributed by atoms with Crippen molar-refractivity contribution in [3.05, 3.63) is 0 Å². The second-order valence-electron chi connectivity index (χ2n) is 3.27. The number of carbonyl (C=O) groups excluding carboxylic acids is 1. The van der Waals surface area contributed by atoms with Crippen molar-refractivity contribution in [2.45, 2.75) is 24.7 Å². The first kappa shape index (κ1) is 10.1. The number of alkyl halides is 1. The minimum absolute atomic E-state index is 0.223. The third kappa shape index (κ3) is 4.01. The molecular formula is C7H12INO. The van der Waals surface area contributed by atoms with Crippen LogP contribution in [0.1, 0.15) is 20.8 Å². The summed E-state index contributed by atoms with van der Waals surface area (Å²) in [7, 11) is 0. The van der Waals surface area contributed by atoms with Crippen LogP contribution >= 0.6 is 22.6 Å². The van der Waals surface area contributed by atoms with Crippen molar-refractivity contribution in [2.75, 3.05) is 6.54 Å². The SMILES string of the molecule is CC(C)(C)C(I)CN=C=O. The van der Waals surface area contributed by atoms with E-state index >= 15 is 0 Å². The number of aliphatic imine (C=N–C) groups is 1. The number of halogens is 1. The number of nitrogens with zero attached hydrogens (tertiary/aromatic N) is 1. The van der Waals surface area contributed by atoms with Crippen LogP contribution in [0.5, 0.6) is 0 Å². The topological polar surface area (TPSA) is 29.4 Å². The van der Waals surface area contributed by atoms with Gasteiger partial charge in [-0.2, -0.15) is 0 Å². The van der Waals surface area contributed by atoms with E-state index in [1.165, 1.54) is 0 Å². The molecule has 0 aliphatic heterocycles. The van der Waals surface area contributed by atoms with Crippen LogP contribution in [-0.4, -0.2) is 16.5 Å². The van der Waals surface area contributed by atoms with Gasteiger partial charge in [0.2, 0.25) is 6.08 Å². The van der Waals surface area contributed by atoms with Gasteiger partial charge in [-0.15, -0.1) is 0 Å². The lowest BCUT2D eigenvalue weighted by Gasteiger charge is -2.23. The number of rotatable bonds is 2. The summed E-state index contributed by atoms with van der Waals surface area (Å²) in [5, 5.41) is 0. The van der Waals surface area contributed by atoms with Gasteiger partial charge in [-0.25, -0.2) is 9.79 Å². The summed E-state index contributed by atoms with van der Waals surface area (Å²) >= 11 is 2.30. The fraction of sp³-hybridized carbons (Fsp3) is 0.857. The maximum Gasteiger partial charge on any atom is 0.234 e. The van der Waals surface area contributed by atoms with Crippen LogP contribution in [0.25, 0.3) is 0 Å². The Morgan fingerprint density at radius 3 is 2.40 bits per heavy atom. The van der Waals surface area contributed by atoms with Crippen LogP contribution in [0.3, 0.4) is 0 Å². The largest absolute Gasteiger partial charge is 0.234 e. The van der Waals surface area contributed by atoms with E-state index in [0.717, 1.165) is 0 Å². The molecular weight excluding hydrogens is 241 g/mol. The second-order valence-corrected chi connectivity index (χ2v) is 4.77. The minimum Gasteiger partial charge on any atom is -0.211 e. The molecule has 0 bridgehead atoms. The Bertz CT molecular complexity index is 144. The summed E-state index contributed by atoms with van der Waals surface area (Å²) in [6, 6.07) is 0. The minimum atomic E-state index is 0.223. The van der Waals surface area contributed by atoms with E-state index in [4.69, 9.17) is 0 Å². The van der Waals surface area contributed by atoms with E-state index in [9.17, 15) is 4.79 Å². The Balaban J connectivity index is 3.84. The van der Waals surface area contributed by atoms with E-state index in [2.05, 4.69) is 48.4 Å². The van der Waals surface area contributed by atoms with Crippen molar-refractivity contribution in [1.82, 2.24) is 0 Å². The molecule has 0 aliphatic carbocycles. The Morgan fingerprint density at radius 1 is 1.60 bits per heavy atom. The van der Waals surface area contributed by atoms with Gasteiger partial charge in [0.25, 0.3) is 0 Å². The zero-order valence-electron chi connectivity index (χ0n) is 6.52. The molecule has 0 spiro atoms. The maximum absolute atomic E-state index is 9.74. The van der Waals surface area contributed by atoms with Gasteiger partial charge in [0.15, 0.2) is 0 Å². The van der Waals surface area contributed by atoms with Crippen molar-refractivity contribution in [3.8, 4) is 0 Å². The highest BCUT2D eigenvalue weighted by molar-refractivity contribution is 14.1. The fourth-order valence-electron chi connectivity index (χ4n) is 0.391. The van der Waals surface area contributed by atoms with Crippen LogP contribution in [0.15, 0.2) is 4.99 Å². The van der Waals surface area contributed by atoms with Crippen molar-refractivity contribution >= 4 is 28.7 Å². The summed E-state index contributed by atoms with van der Waals surface area (Å²) in [6.07, 6.45) is 1.54. The first-order chi connectivity index (χ1) is 4.48. The predicted molar refractivity (Wildman–Crippen MR) is 50.3 cm³/mol. The van der Waals surface area contributed by atoms with E-state index in [1.54, 1.807) is 6.08 Å². The third-order valence-corrected chi connectivity index (χ3v) is 3.52. The fourth-order valence-corrected chi connectivity index (χ4v) is 0.588. The highest BCUT2D eigenvalue weighted by Gasteiger charge is 2.20. The molecule has 2 nitrogen and oxygen atoms in total. The monoisotopic (exact) mass is 253 g/mol. The Kier molecular flexibility index (Phi) is 4.13. The molecule has 0 N–H and O–H groups in total. The van der Waals surface area contributed by atoms with E-state index < -0.39 is 0 Å². The van der Waals surface area contributed by atoms with E-state index in [0.29, 0.717) is 10.5 Å². The molecule has 1 atom stereocenters. The molecule has 1 unspecified atom stereocenters. The van der Waals surface area contributed by atoms with Crippen molar-refractivity contribution in [1.29, 1.82) is 0 Å². The van der Waals surface area contributed by atoms with Crippen LogP contribution in [0.2, 0.25) is 0 Å². The zero-order valence-corrected chi connectivity index (χ0v) is 8.68. The molecule has 3 heteroatoms. The maximum atomic E-state index is 9.74. The quantitative estimate of drug-likeness (QED) is 0.321. The molecule has 0 fully saturated rings. The molecule has 0 aromatic carbocycles. The highest BCUT2D eigenvalue weighted by atomic mass is 127. The third-order valence-electron chi connectivity index (χ3n) is 1.26. The number of hydrogen-bond donors (Lipinski definition) is 0. The highest BCUT2D eigenvalue weighted by Crippen LogP contribution is 2.26. The smallest absolute Gasteiger partial charge is 0.211 e. The first-order valence-corrected chi connectivity index (χ1v) is 4.40. The predicted octanol–water partition coefficient (Wildman–Crippen LogP) is 2.17. The van der Waals surface area contributed by atoms with E-state index in [-0.39, 0.29) is 5.41 Å². The summed E-state index contributed by atoms with van der Waals surface area (Å²) in [5.74, 6) is 0. The Hall–Kier alpha value is 0.110. The first-order valence-electron chi connectivity index (χ1n) is 3.16. The van der Waals surface area contributed by atoms with Crippen molar-refractivity contribution in [3.63, 3.8) is 0 Å². The lowest BCUT2D eigenvalue weighted by atomic mass is 9.92. The lowest BCUT2D eigenvalue weighted by Crippen LogP contribution is -2.22.